The van der Waals surface area contributed by atoms with Crippen LogP contribution in [0.2, 0.25) is 0 Å². The van der Waals surface area contributed by atoms with Gasteiger partial charge >= 0.3 is 6.03 Å². The maximum absolute atomic E-state index is 13.5. The van der Waals surface area contributed by atoms with Crippen LogP contribution in [0.3, 0.4) is 0 Å². The maximum atomic E-state index is 13.5. The zero-order valence-electron chi connectivity index (χ0n) is 15.3. The fourth-order valence-electron chi connectivity index (χ4n) is 2.67. The van der Waals surface area contributed by atoms with Gasteiger partial charge in [0, 0.05) is 19.8 Å². The van der Waals surface area contributed by atoms with E-state index in [1.54, 1.807) is 12.2 Å². The van der Waals surface area contributed by atoms with E-state index >= 15 is 0 Å². The van der Waals surface area contributed by atoms with Crippen LogP contribution in [0, 0.1) is 5.82 Å². The van der Waals surface area contributed by atoms with Gasteiger partial charge < -0.3 is 4.90 Å². The van der Waals surface area contributed by atoms with Crippen molar-refractivity contribution in [3.63, 3.8) is 0 Å². The van der Waals surface area contributed by atoms with Crippen molar-refractivity contribution in [2.75, 3.05) is 23.9 Å². The van der Waals surface area contributed by atoms with Crippen LogP contribution in [0.4, 0.5) is 20.6 Å². The summed E-state index contributed by atoms with van der Waals surface area (Å²) in [4.78, 5) is 39.5. The van der Waals surface area contributed by atoms with Gasteiger partial charge in [-0.15, -0.1) is 0 Å². The molecule has 0 aliphatic carbocycles. The highest BCUT2D eigenvalue weighted by Gasteiger charge is 2.36. The van der Waals surface area contributed by atoms with E-state index in [1.807, 2.05) is 43.3 Å². The van der Waals surface area contributed by atoms with Crippen molar-refractivity contribution in [3.05, 3.63) is 77.6 Å². The number of amides is 4. The Bertz CT molecular complexity index is 994. The monoisotopic (exact) mass is 379 g/mol. The third-order valence-electron chi connectivity index (χ3n) is 4.13. The lowest BCUT2D eigenvalue weighted by Crippen LogP contribution is -2.54. The lowest BCUT2D eigenvalue weighted by molar-refractivity contribution is -0.122. The molecule has 1 aliphatic heterocycles. The van der Waals surface area contributed by atoms with E-state index < -0.39 is 23.7 Å². The zero-order valence-corrected chi connectivity index (χ0v) is 15.3. The van der Waals surface area contributed by atoms with Crippen LogP contribution < -0.4 is 15.1 Å². The Morgan fingerprint density at radius 1 is 1.04 bits per heavy atom. The summed E-state index contributed by atoms with van der Waals surface area (Å²) in [5.41, 5.74) is 1.75. The summed E-state index contributed by atoms with van der Waals surface area (Å²) in [6.45, 7) is 0. The molecule has 1 saturated heterocycles. The van der Waals surface area contributed by atoms with E-state index in [0.717, 1.165) is 22.2 Å². The Kier molecular flexibility index (Phi) is 5.35. The third-order valence-corrected chi connectivity index (χ3v) is 4.13. The summed E-state index contributed by atoms with van der Waals surface area (Å²) in [5.74, 6) is -2.20. The fraction of sp³-hybridized carbons (Fsp3) is 0.0952. The number of carbonyl (C=O) groups excluding carboxylic acids is 3. The van der Waals surface area contributed by atoms with Crippen molar-refractivity contribution in [3.8, 4) is 0 Å². The summed E-state index contributed by atoms with van der Waals surface area (Å²) in [6, 6.07) is 11.8. The smallest absolute Gasteiger partial charge is 0.335 e. The fourth-order valence-corrected chi connectivity index (χ4v) is 2.67. The molecule has 0 bridgehead atoms. The number of hydrogen-bond donors (Lipinski definition) is 1. The number of halogens is 1. The molecule has 3 rings (SSSR count). The van der Waals surface area contributed by atoms with Crippen molar-refractivity contribution < 1.29 is 18.8 Å². The highest BCUT2D eigenvalue weighted by atomic mass is 19.1. The van der Waals surface area contributed by atoms with Gasteiger partial charge in [0.25, 0.3) is 11.8 Å². The molecule has 0 unspecified atom stereocenters. The number of carbonyl (C=O) groups is 3. The number of urea groups is 1. The van der Waals surface area contributed by atoms with Crippen molar-refractivity contribution in [1.29, 1.82) is 0 Å². The second kappa shape index (κ2) is 7.87. The first kappa shape index (κ1) is 19.0. The van der Waals surface area contributed by atoms with Crippen LogP contribution >= 0.6 is 0 Å². The van der Waals surface area contributed by atoms with Crippen molar-refractivity contribution in [2.24, 2.45) is 0 Å². The van der Waals surface area contributed by atoms with E-state index in [9.17, 15) is 18.8 Å². The number of benzene rings is 2. The highest BCUT2D eigenvalue weighted by Crippen LogP contribution is 2.21. The van der Waals surface area contributed by atoms with E-state index in [-0.39, 0.29) is 11.3 Å². The van der Waals surface area contributed by atoms with Crippen LogP contribution in [-0.2, 0) is 9.59 Å². The molecule has 1 heterocycles. The molecule has 0 saturated carbocycles. The second-order valence-electron chi connectivity index (χ2n) is 6.31. The molecule has 1 N–H and O–H groups in total. The Morgan fingerprint density at radius 2 is 1.75 bits per heavy atom. The normalized spacial score (nSPS) is 16.0. The summed E-state index contributed by atoms with van der Waals surface area (Å²) in [7, 11) is 3.88. The lowest BCUT2D eigenvalue weighted by Gasteiger charge is -2.26. The minimum Gasteiger partial charge on any atom is -0.378 e. The summed E-state index contributed by atoms with van der Waals surface area (Å²) >= 11 is 0. The van der Waals surface area contributed by atoms with Crippen LogP contribution in [0.1, 0.15) is 5.56 Å². The van der Waals surface area contributed by atoms with E-state index in [0.29, 0.717) is 0 Å². The summed E-state index contributed by atoms with van der Waals surface area (Å²) < 4.78 is 13.5. The summed E-state index contributed by atoms with van der Waals surface area (Å²) in [6.07, 6.45) is 4.61. The standard InChI is InChI=1S/C21H18FN3O3/c1-24(2)16-11-9-14(10-12-16)5-3-8-18-19(26)23-21(28)25(20(18)27)17-7-4-6-15(22)13-17/h3-13H,1-2H3,(H,23,26,28)/b5-3+,18-8+. The van der Waals surface area contributed by atoms with Gasteiger partial charge in [0.15, 0.2) is 0 Å². The molecule has 4 amide bonds. The number of anilines is 2. The molecular formula is C21H18FN3O3. The van der Waals surface area contributed by atoms with Gasteiger partial charge in [-0.1, -0.05) is 30.4 Å². The van der Waals surface area contributed by atoms with Crippen LogP contribution in [0.15, 0.2) is 66.3 Å². The predicted molar refractivity (Wildman–Crippen MR) is 105 cm³/mol. The minimum absolute atomic E-state index is 0.0455. The first-order chi connectivity index (χ1) is 13.4. The van der Waals surface area contributed by atoms with Gasteiger partial charge in [-0.25, -0.2) is 14.1 Å². The minimum atomic E-state index is -0.916. The van der Waals surface area contributed by atoms with Gasteiger partial charge in [0.2, 0.25) is 0 Å². The first-order valence-corrected chi connectivity index (χ1v) is 8.48. The number of imide groups is 2. The second-order valence-corrected chi connectivity index (χ2v) is 6.31. The Hall–Kier alpha value is -3.74. The topological polar surface area (TPSA) is 69.7 Å². The Morgan fingerprint density at radius 3 is 2.39 bits per heavy atom. The molecule has 2 aromatic rings. The maximum Gasteiger partial charge on any atom is 0.335 e. The van der Waals surface area contributed by atoms with E-state index in [4.69, 9.17) is 0 Å². The third kappa shape index (κ3) is 3.98. The van der Waals surface area contributed by atoms with E-state index in [1.165, 1.54) is 24.3 Å². The molecule has 1 aliphatic rings. The molecule has 2 aromatic carbocycles. The molecule has 142 valence electrons. The Balaban J connectivity index is 1.84. The van der Waals surface area contributed by atoms with Crippen LogP contribution in [0.5, 0.6) is 0 Å². The van der Waals surface area contributed by atoms with Gasteiger partial charge in [0.1, 0.15) is 11.4 Å². The SMILES string of the molecule is CN(C)c1ccc(/C=C/C=C2\C(=O)NC(=O)N(c3cccc(F)c3)C2=O)cc1. The lowest BCUT2D eigenvalue weighted by atomic mass is 10.1. The van der Waals surface area contributed by atoms with Crippen molar-refractivity contribution >= 4 is 35.3 Å². The van der Waals surface area contributed by atoms with Crippen LogP contribution in [-0.4, -0.2) is 31.9 Å². The number of barbiturate groups is 1. The average molecular weight is 379 g/mol. The molecule has 6 nitrogen and oxygen atoms in total. The number of nitrogens with one attached hydrogen (secondary N) is 1. The number of allylic oxidation sites excluding steroid dienone is 2. The van der Waals surface area contributed by atoms with Crippen molar-refractivity contribution in [1.82, 2.24) is 5.32 Å². The number of nitrogens with zero attached hydrogens (tertiary/aromatic N) is 2. The van der Waals surface area contributed by atoms with E-state index in [2.05, 4.69) is 5.32 Å². The molecule has 0 atom stereocenters. The first-order valence-electron chi connectivity index (χ1n) is 8.48. The number of hydrogen-bond acceptors (Lipinski definition) is 4. The quantitative estimate of drug-likeness (QED) is 0.655. The van der Waals surface area contributed by atoms with Gasteiger partial charge in [-0.2, -0.15) is 0 Å². The predicted octanol–water partition coefficient (Wildman–Crippen LogP) is 3.11. The molecular weight excluding hydrogens is 361 g/mol. The van der Waals surface area contributed by atoms with Gasteiger partial charge in [-0.05, 0) is 42.0 Å². The average Bonchev–Trinajstić information content (AvgIpc) is 2.64. The molecule has 28 heavy (non-hydrogen) atoms. The molecule has 1 fully saturated rings. The molecule has 0 spiro atoms. The summed E-state index contributed by atoms with van der Waals surface area (Å²) in [5, 5.41) is 2.09. The largest absolute Gasteiger partial charge is 0.378 e. The molecule has 0 aromatic heterocycles. The van der Waals surface area contributed by atoms with Gasteiger partial charge in [0.05, 0.1) is 5.69 Å². The molecule has 7 heteroatoms. The highest BCUT2D eigenvalue weighted by molar-refractivity contribution is 6.37. The number of rotatable bonds is 4. The molecule has 0 radical (unpaired) electrons. The Labute approximate surface area is 161 Å². The van der Waals surface area contributed by atoms with Gasteiger partial charge in [-0.3, -0.25) is 14.9 Å². The van der Waals surface area contributed by atoms with Crippen LogP contribution in [0.25, 0.3) is 6.08 Å². The van der Waals surface area contributed by atoms with Crippen molar-refractivity contribution in [2.45, 2.75) is 0 Å². The zero-order chi connectivity index (χ0) is 20.3.